The van der Waals surface area contributed by atoms with Crippen molar-refractivity contribution in [2.45, 2.75) is 25.2 Å². The molecule has 1 fully saturated rings. The van der Waals surface area contributed by atoms with Crippen LogP contribution in [0.4, 0.5) is 0 Å². The van der Waals surface area contributed by atoms with Gasteiger partial charge in [0.1, 0.15) is 0 Å². The average Bonchev–Trinajstić information content (AvgIpc) is 3.20. The zero-order valence-corrected chi connectivity index (χ0v) is 10.4. The minimum absolute atomic E-state index is 0.287. The molecule has 3 rings (SSSR count). The second kappa shape index (κ2) is 3.96. The lowest BCUT2D eigenvalue weighted by molar-refractivity contribution is 0.855. The van der Waals surface area contributed by atoms with Crippen molar-refractivity contribution >= 4 is 0 Å². The van der Waals surface area contributed by atoms with Gasteiger partial charge in [0.05, 0.1) is 17.2 Å². The molecule has 18 heavy (non-hydrogen) atoms. The second-order valence-electron chi connectivity index (χ2n) is 5.00. The molecule has 1 aliphatic rings. The Morgan fingerprint density at radius 2 is 2.00 bits per heavy atom. The molecule has 1 aromatic heterocycles. The lowest BCUT2D eigenvalue weighted by Gasteiger charge is -2.07. The number of pyridine rings is 1. The topological polar surface area (TPSA) is 36.7 Å². The molecule has 2 aromatic rings. The molecule has 0 atom stereocenters. The first-order valence-corrected chi connectivity index (χ1v) is 6.18. The van der Waals surface area contributed by atoms with Crippen LogP contribution < -0.4 is 0 Å². The van der Waals surface area contributed by atoms with E-state index < -0.39 is 0 Å². The summed E-state index contributed by atoms with van der Waals surface area (Å²) in [5, 5.41) is 9.14. The molecule has 2 nitrogen and oxygen atoms in total. The standard InChI is InChI=1S/C16H14N2/c1-12-3-2-4-13(9-12)14-5-6-15(18-10-14)16(11-17)7-8-16/h2-6,9-10H,7-8H2,1H3. The predicted molar refractivity (Wildman–Crippen MR) is 70.9 cm³/mol. The summed E-state index contributed by atoms with van der Waals surface area (Å²) in [5.41, 5.74) is 4.16. The van der Waals surface area contributed by atoms with Crippen LogP contribution in [0.25, 0.3) is 11.1 Å². The highest BCUT2D eigenvalue weighted by atomic mass is 14.7. The number of nitriles is 1. The summed E-state index contributed by atoms with van der Waals surface area (Å²) in [6, 6.07) is 14.8. The van der Waals surface area contributed by atoms with Gasteiger partial charge in [-0.05, 0) is 31.4 Å². The van der Waals surface area contributed by atoms with E-state index >= 15 is 0 Å². The van der Waals surface area contributed by atoms with Crippen LogP contribution in [0.5, 0.6) is 0 Å². The third kappa shape index (κ3) is 1.78. The van der Waals surface area contributed by atoms with E-state index in [2.05, 4.69) is 48.3 Å². The van der Waals surface area contributed by atoms with Gasteiger partial charge < -0.3 is 0 Å². The van der Waals surface area contributed by atoms with Gasteiger partial charge >= 0.3 is 0 Å². The first-order chi connectivity index (χ1) is 8.73. The summed E-state index contributed by atoms with van der Waals surface area (Å²) in [4.78, 5) is 4.47. The molecule has 0 radical (unpaired) electrons. The van der Waals surface area contributed by atoms with Gasteiger partial charge in [-0.3, -0.25) is 4.98 Å². The summed E-state index contributed by atoms with van der Waals surface area (Å²) in [6.07, 6.45) is 3.77. The number of aryl methyl sites for hydroxylation is 1. The molecule has 0 aliphatic heterocycles. The Morgan fingerprint density at radius 3 is 2.56 bits per heavy atom. The molecule has 0 bridgehead atoms. The van der Waals surface area contributed by atoms with Crippen LogP contribution in [0.2, 0.25) is 0 Å². The first-order valence-electron chi connectivity index (χ1n) is 6.18. The normalized spacial score (nSPS) is 16.0. The number of rotatable bonds is 2. The van der Waals surface area contributed by atoms with Crippen molar-refractivity contribution in [1.82, 2.24) is 4.98 Å². The molecule has 0 N–H and O–H groups in total. The van der Waals surface area contributed by atoms with E-state index in [4.69, 9.17) is 5.26 Å². The summed E-state index contributed by atoms with van der Waals surface area (Å²) >= 11 is 0. The number of nitrogens with zero attached hydrogens (tertiary/aromatic N) is 2. The number of hydrogen-bond acceptors (Lipinski definition) is 2. The SMILES string of the molecule is Cc1cccc(-c2ccc(C3(C#N)CC3)nc2)c1. The van der Waals surface area contributed by atoms with Crippen molar-refractivity contribution in [2.24, 2.45) is 0 Å². The van der Waals surface area contributed by atoms with Crippen LogP contribution in [0.15, 0.2) is 42.6 Å². The highest BCUT2D eigenvalue weighted by molar-refractivity contribution is 5.63. The fourth-order valence-corrected chi connectivity index (χ4v) is 2.22. The van der Waals surface area contributed by atoms with Crippen LogP contribution in [-0.2, 0) is 5.41 Å². The largest absolute Gasteiger partial charge is 0.259 e. The monoisotopic (exact) mass is 234 g/mol. The van der Waals surface area contributed by atoms with E-state index in [9.17, 15) is 0 Å². The highest BCUT2D eigenvalue weighted by Crippen LogP contribution is 2.46. The fourth-order valence-electron chi connectivity index (χ4n) is 2.22. The Bertz CT molecular complexity index is 616. The van der Waals surface area contributed by atoms with Crippen LogP contribution in [-0.4, -0.2) is 4.98 Å². The lowest BCUT2D eigenvalue weighted by Crippen LogP contribution is -2.04. The quantitative estimate of drug-likeness (QED) is 0.795. The maximum atomic E-state index is 9.14. The van der Waals surface area contributed by atoms with Crippen molar-refractivity contribution in [2.75, 3.05) is 0 Å². The summed E-state index contributed by atoms with van der Waals surface area (Å²) in [6.45, 7) is 2.08. The van der Waals surface area contributed by atoms with Gasteiger partial charge in [0.2, 0.25) is 0 Å². The van der Waals surface area contributed by atoms with Gasteiger partial charge in [0.25, 0.3) is 0 Å². The van der Waals surface area contributed by atoms with Gasteiger partial charge in [-0.25, -0.2) is 0 Å². The van der Waals surface area contributed by atoms with Crippen LogP contribution in [0.1, 0.15) is 24.1 Å². The Kier molecular flexibility index (Phi) is 2.41. The molecule has 88 valence electrons. The Morgan fingerprint density at radius 1 is 1.17 bits per heavy atom. The number of hydrogen-bond donors (Lipinski definition) is 0. The molecule has 0 unspecified atom stereocenters. The predicted octanol–water partition coefficient (Wildman–Crippen LogP) is 3.61. The van der Waals surface area contributed by atoms with Gasteiger partial charge in [-0.2, -0.15) is 5.26 Å². The van der Waals surface area contributed by atoms with Crippen LogP contribution in [0, 0.1) is 18.3 Å². The van der Waals surface area contributed by atoms with E-state index in [1.54, 1.807) is 0 Å². The van der Waals surface area contributed by atoms with Crippen molar-refractivity contribution in [1.29, 1.82) is 5.26 Å². The van der Waals surface area contributed by atoms with Crippen LogP contribution in [0.3, 0.4) is 0 Å². The first kappa shape index (κ1) is 11.0. The molecule has 1 aromatic carbocycles. The molecule has 0 saturated heterocycles. The number of aromatic nitrogens is 1. The van der Waals surface area contributed by atoms with Crippen molar-refractivity contribution in [3.63, 3.8) is 0 Å². The van der Waals surface area contributed by atoms with Crippen molar-refractivity contribution in [3.05, 3.63) is 53.9 Å². The Labute approximate surface area is 107 Å². The molecular formula is C16H14N2. The molecule has 0 spiro atoms. The summed E-state index contributed by atoms with van der Waals surface area (Å²) in [5.74, 6) is 0. The van der Waals surface area contributed by atoms with Gasteiger partial charge in [0.15, 0.2) is 0 Å². The molecule has 0 amide bonds. The Hall–Kier alpha value is -2.14. The van der Waals surface area contributed by atoms with E-state index in [1.165, 1.54) is 11.1 Å². The second-order valence-corrected chi connectivity index (χ2v) is 5.00. The number of benzene rings is 1. The summed E-state index contributed by atoms with van der Waals surface area (Å²) < 4.78 is 0. The Balaban J connectivity index is 1.95. The minimum Gasteiger partial charge on any atom is -0.259 e. The molecule has 1 aliphatic carbocycles. The maximum Gasteiger partial charge on any atom is 0.0994 e. The molecule has 1 heterocycles. The maximum absolute atomic E-state index is 9.14. The van der Waals surface area contributed by atoms with E-state index in [1.807, 2.05) is 12.3 Å². The van der Waals surface area contributed by atoms with Gasteiger partial charge in [0, 0.05) is 11.8 Å². The molecule has 2 heteroatoms. The molecule has 1 saturated carbocycles. The van der Waals surface area contributed by atoms with Gasteiger partial charge in [-0.15, -0.1) is 0 Å². The fraction of sp³-hybridized carbons (Fsp3) is 0.250. The third-order valence-electron chi connectivity index (χ3n) is 3.57. The smallest absolute Gasteiger partial charge is 0.0994 e. The molecular weight excluding hydrogens is 220 g/mol. The van der Waals surface area contributed by atoms with E-state index in [0.29, 0.717) is 0 Å². The lowest BCUT2D eigenvalue weighted by atomic mass is 10.0. The van der Waals surface area contributed by atoms with E-state index in [-0.39, 0.29) is 5.41 Å². The van der Waals surface area contributed by atoms with Crippen molar-refractivity contribution in [3.8, 4) is 17.2 Å². The zero-order chi connectivity index (χ0) is 12.6. The highest BCUT2D eigenvalue weighted by Gasteiger charge is 2.46. The average molecular weight is 234 g/mol. The van der Waals surface area contributed by atoms with Crippen molar-refractivity contribution < 1.29 is 0 Å². The summed E-state index contributed by atoms with van der Waals surface area (Å²) in [7, 11) is 0. The van der Waals surface area contributed by atoms with Crippen LogP contribution >= 0.6 is 0 Å². The zero-order valence-electron chi connectivity index (χ0n) is 10.4. The van der Waals surface area contributed by atoms with Gasteiger partial charge in [-0.1, -0.05) is 35.9 Å². The third-order valence-corrected chi connectivity index (χ3v) is 3.57. The van der Waals surface area contributed by atoms with E-state index in [0.717, 1.165) is 24.1 Å². The minimum atomic E-state index is -0.287.